The third kappa shape index (κ3) is 1.64. The molecule has 1 rings (SSSR count). The van der Waals surface area contributed by atoms with Crippen LogP contribution in [0.25, 0.3) is 0 Å². The zero-order valence-corrected chi connectivity index (χ0v) is 7.56. The van der Waals surface area contributed by atoms with E-state index in [2.05, 4.69) is 19.9 Å². The fourth-order valence-corrected chi connectivity index (χ4v) is 1.90. The first kappa shape index (κ1) is 8.79. The Hall–Kier alpha value is -0.300. The van der Waals surface area contributed by atoms with Gasteiger partial charge in [0.1, 0.15) is 0 Å². The Balaban J connectivity index is 2.76. The van der Waals surface area contributed by atoms with Crippen molar-refractivity contribution >= 4 is 0 Å². The summed E-state index contributed by atoms with van der Waals surface area (Å²) >= 11 is 0. The van der Waals surface area contributed by atoms with Crippen LogP contribution in [0.15, 0.2) is 11.6 Å². The molecule has 0 saturated carbocycles. The third-order valence-corrected chi connectivity index (χ3v) is 2.75. The number of hydrogen-bond acceptors (Lipinski definition) is 1. The van der Waals surface area contributed by atoms with Gasteiger partial charge in [-0.15, -0.1) is 0 Å². The van der Waals surface area contributed by atoms with Gasteiger partial charge in [-0.3, -0.25) is 0 Å². The fourth-order valence-electron chi connectivity index (χ4n) is 1.90. The molecule has 1 heteroatoms. The highest BCUT2D eigenvalue weighted by atomic mass is 16.3. The maximum absolute atomic E-state index is 10.1. The standard InChI is InChI=1S/C10H18O/c1-3-9-7-5-6-8-10(9,11)4-2/h7,11H,3-6,8H2,1-2H3. The van der Waals surface area contributed by atoms with Crippen molar-refractivity contribution in [2.45, 2.75) is 51.6 Å². The normalized spacial score (nSPS) is 31.7. The molecule has 1 atom stereocenters. The summed E-state index contributed by atoms with van der Waals surface area (Å²) in [5, 5.41) is 10.1. The van der Waals surface area contributed by atoms with E-state index in [1.165, 1.54) is 5.57 Å². The maximum atomic E-state index is 10.1. The van der Waals surface area contributed by atoms with Gasteiger partial charge in [-0.2, -0.15) is 0 Å². The van der Waals surface area contributed by atoms with Gasteiger partial charge in [-0.05, 0) is 37.7 Å². The summed E-state index contributed by atoms with van der Waals surface area (Å²) in [6.45, 7) is 4.19. The van der Waals surface area contributed by atoms with Gasteiger partial charge in [0.05, 0.1) is 5.60 Å². The van der Waals surface area contributed by atoms with Crippen LogP contribution in [0, 0.1) is 0 Å². The van der Waals surface area contributed by atoms with Crippen molar-refractivity contribution in [2.75, 3.05) is 0 Å². The lowest BCUT2D eigenvalue weighted by atomic mass is 9.80. The Morgan fingerprint density at radius 2 is 2.27 bits per heavy atom. The molecule has 0 spiro atoms. The van der Waals surface area contributed by atoms with Gasteiger partial charge in [0.2, 0.25) is 0 Å². The molecular formula is C10H18O. The van der Waals surface area contributed by atoms with Crippen molar-refractivity contribution in [3.63, 3.8) is 0 Å². The van der Waals surface area contributed by atoms with Gasteiger partial charge < -0.3 is 5.11 Å². The quantitative estimate of drug-likeness (QED) is 0.606. The van der Waals surface area contributed by atoms with E-state index in [0.717, 1.165) is 32.1 Å². The highest BCUT2D eigenvalue weighted by Gasteiger charge is 2.29. The lowest BCUT2D eigenvalue weighted by Gasteiger charge is -2.32. The Kier molecular flexibility index (Phi) is 2.72. The molecule has 1 aliphatic carbocycles. The molecule has 0 aromatic carbocycles. The van der Waals surface area contributed by atoms with Crippen LogP contribution in [-0.4, -0.2) is 10.7 Å². The second kappa shape index (κ2) is 3.40. The minimum Gasteiger partial charge on any atom is -0.386 e. The Bertz CT molecular complexity index is 160. The smallest absolute Gasteiger partial charge is 0.0854 e. The van der Waals surface area contributed by atoms with E-state index in [4.69, 9.17) is 0 Å². The number of rotatable bonds is 2. The van der Waals surface area contributed by atoms with Crippen LogP contribution in [0.5, 0.6) is 0 Å². The van der Waals surface area contributed by atoms with Crippen molar-refractivity contribution in [3.05, 3.63) is 11.6 Å². The lowest BCUT2D eigenvalue weighted by molar-refractivity contribution is 0.0548. The van der Waals surface area contributed by atoms with Crippen molar-refractivity contribution in [3.8, 4) is 0 Å². The molecular weight excluding hydrogens is 136 g/mol. The molecule has 1 aliphatic rings. The van der Waals surface area contributed by atoms with Crippen LogP contribution in [0.2, 0.25) is 0 Å². The summed E-state index contributed by atoms with van der Waals surface area (Å²) in [7, 11) is 0. The molecule has 0 aliphatic heterocycles. The predicted octanol–water partition coefficient (Wildman–Crippen LogP) is 2.65. The van der Waals surface area contributed by atoms with Crippen LogP contribution in [0.1, 0.15) is 46.0 Å². The topological polar surface area (TPSA) is 20.2 Å². The van der Waals surface area contributed by atoms with Crippen molar-refractivity contribution in [1.29, 1.82) is 0 Å². The van der Waals surface area contributed by atoms with Gasteiger partial charge in [0.25, 0.3) is 0 Å². The van der Waals surface area contributed by atoms with Gasteiger partial charge >= 0.3 is 0 Å². The maximum Gasteiger partial charge on any atom is 0.0854 e. The van der Waals surface area contributed by atoms with E-state index in [1.807, 2.05) is 0 Å². The second-order valence-electron chi connectivity index (χ2n) is 3.36. The molecule has 1 nitrogen and oxygen atoms in total. The van der Waals surface area contributed by atoms with E-state index >= 15 is 0 Å². The molecule has 1 N–H and O–H groups in total. The van der Waals surface area contributed by atoms with Crippen molar-refractivity contribution < 1.29 is 5.11 Å². The second-order valence-corrected chi connectivity index (χ2v) is 3.36. The van der Waals surface area contributed by atoms with E-state index < -0.39 is 5.60 Å². The first-order chi connectivity index (χ1) is 5.23. The van der Waals surface area contributed by atoms with E-state index in [9.17, 15) is 5.11 Å². The van der Waals surface area contributed by atoms with Gasteiger partial charge in [-0.1, -0.05) is 19.9 Å². The molecule has 11 heavy (non-hydrogen) atoms. The zero-order valence-electron chi connectivity index (χ0n) is 7.56. The van der Waals surface area contributed by atoms with E-state index in [1.54, 1.807) is 0 Å². The summed E-state index contributed by atoms with van der Waals surface area (Å²) in [4.78, 5) is 0. The van der Waals surface area contributed by atoms with Crippen LogP contribution in [0.4, 0.5) is 0 Å². The van der Waals surface area contributed by atoms with Crippen molar-refractivity contribution in [2.24, 2.45) is 0 Å². The average molecular weight is 154 g/mol. The minimum atomic E-state index is -0.451. The van der Waals surface area contributed by atoms with Gasteiger partial charge in [0.15, 0.2) is 0 Å². The number of allylic oxidation sites excluding steroid dienone is 1. The Morgan fingerprint density at radius 1 is 1.55 bits per heavy atom. The van der Waals surface area contributed by atoms with Crippen molar-refractivity contribution in [1.82, 2.24) is 0 Å². The lowest BCUT2D eigenvalue weighted by Crippen LogP contribution is -2.32. The third-order valence-electron chi connectivity index (χ3n) is 2.75. The molecule has 0 heterocycles. The molecule has 0 aromatic heterocycles. The predicted molar refractivity (Wildman–Crippen MR) is 47.5 cm³/mol. The van der Waals surface area contributed by atoms with Gasteiger partial charge in [0, 0.05) is 0 Å². The summed E-state index contributed by atoms with van der Waals surface area (Å²) in [6, 6.07) is 0. The highest BCUT2D eigenvalue weighted by Crippen LogP contribution is 2.33. The summed E-state index contributed by atoms with van der Waals surface area (Å²) < 4.78 is 0. The summed E-state index contributed by atoms with van der Waals surface area (Å²) in [6.07, 6.45) is 7.35. The largest absolute Gasteiger partial charge is 0.386 e. The van der Waals surface area contributed by atoms with Gasteiger partial charge in [-0.25, -0.2) is 0 Å². The SMILES string of the molecule is CCC1=CCCCC1(O)CC. The summed E-state index contributed by atoms with van der Waals surface area (Å²) in [5.74, 6) is 0. The van der Waals surface area contributed by atoms with E-state index in [-0.39, 0.29) is 0 Å². The number of aliphatic hydroxyl groups is 1. The molecule has 0 saturated heterocycles. The molecule has 0 bridgehead atoms. The Morgan fingerprint density at radius 3 is 2.73 bits per heavy atom. The first-order valence-electron chi connectivity index (χ1n) is 4.65. The molecule has 0 fully saturated rings. The molecule has 0 radical (unpaired) electrons. The molecule has 64 valence electrons. The monoisotopic (exact) mass is 154 g/mol. The fraction of sp³-hybridized carbons (Fsp3) is 0.800. The Labute approximate surface area is 69.1 Å². The minimum absolute atomic E-state index is 0.451. The zero-order chi connectivity index (χ0) is 8.32. The molecule has 0 amide bonds. The van der Waals surface area contributed by atoms with Crippen LogP contribution in [0.3, 0.4) is 0 Å². The summed E-state index contributed by atoms with van der Waals surface area (Å²) in [5.41, 5.74) is 0.804. The van der Waals surface area contributed by atoms with E-state index in [0.29, 0.717) is 0 Å². The van der Waals surface area contributed by atoms with Crippen LogP contribution < -0.4 is 0 Å². The van der Waals surface area contributed by atoms with Crippen LogP contribution >= 0.6 is 0 Å². The number of hydrogen-bond donors (Lipinski definition) is 1. The average Bonchev–Trinajstić information content (AvgIpc) is 2.05. The molecule has 1 unspecified atom stereocenters. The van der Waals surface area contributed by atoms with Crippen LogP contribution in [-0.2, 0) is 0 Å². The molecule has 0 aromatic rings. The first-order valence-corrected chi connectivity index (χ1v) is 4.65. The highest BCUT2D eigenvalue weighted by molar-refractivity contribution is 5.18.